The van der Waals surface area contributed by atoms with Gasteiger partial charge >= 0.3 is 0 Å². The van der Waals surface area contributed by atoms with Crippen molar-refractivity contribution in [3.63, 3.8) is 0 Å². The van der Waals surface area contributed by atoms with Crippen LogP contribution in [-0.2, 0) is 0 Å². The van der Waals surface area contributed by atoms with Gasteiger partial charge in [0.1, 0.15) is 6.10 Å². The molecule has 3 nitrogen and oxygen atoms in total. The summed E-state index contributed by atoms with van der Waals surface area (Å²) >= 11 is 3.85. The predicted molar refractivity (Wildman–Crippen MR) is 57.5 cm³/mol. The Hall–Kier alpha value is -0.850. The van der Waals surface area contributed by atoms with E-state index in [0.29, 0.717) is 5.75 Å². The van der Waals surface area contributed by atoms with Crippen LogP contribution in [0.5, 0.6) is 5.75 Å². The maximum atomic E-state index is 13.3. The van der Waals surface area contributed by atoms with Gasteiger partial charge in [-0.25, -0.2) is 4.39 Å². The molecule has 0 fully saturated rings. The van der Waals surface area contributed by atoms with Gasteiger partial charge in [-0.05, 0) is 24.3 Å². The van der Waals surface area contributed by atoms with Crippen molar-refractivity contribution in [3.8, 4) is 5.75 Å². The van der Waals surface area contributed by atoms with Gasteiger partial charge in [0.25, 0.3) is 0 Å². The zero-order valence-electron chi connectivity index (χ0n) is 8.27. The molecule has 0 radical (unpaired) electrons. The van der Waals surface area contributed by atoms with Gasteiger partial charge in [-0.2, -0.15) is 17.0 Å². The standard InChI is InChI=1S/C10H12F2O3S/c11-8-5(1-2-6(13)9(8)12)10(15)7(14)3-4-16/h1-2,7,10,13-16H,3-4H2. The molecule has 16 heavy (non-hydrogen) atoms. The molecule has 1 aromatic rings. The van der Waals surface area contributed by atoms with Crippen molar-refractivity contribution in [2.75, 3.05) is 5.75 Å². The van der Waals surface area contributed by atoms with E-state index in [1.54, 1.807) is 0 Å². The van der Waals surface area contributed by atoms with Crippen molar-refractivity contribution in [1.82, 2.24) is 0 Å². The minimum atomic E-state index is -1.54. The van der Waals surface area contributed by atoms with Crippen LogP contribution in [0, 0.1) is 11.6 Å². The number of aromatic hydroxyl groups is 1. The van der Waals surface area contributed by atoms with Crippen molar-refractivity contribution in [3.05, 3.63) is 29.3 Å². The number of thiol groups is 1. The van der Waals surface area contributed by atoms with Crippen molar-refractivity contribution in [2.24, 2.45) is 0 Å². The molecular formula is C10H12F2O3S. The highest BCUT2D eigenvalue weighted by molar-refractivity contribution is 7.80. The molecule has 0 saturated carbocycles. The van der Waals surface area contributed by atoms with Crippen LogP contribution in [-0.4, -0.2) is 27.2 Å². The van der Waals surface area contributed by atoms with Crippen molar-refractivity contribution >= 4 is 12.6 Å². The molecule has 90 valence electrons. The molecule has 0 amide bonds. The maximum absolute atomic E-state index is 13.3. The van der Waals surface area contributed by atoms with Crippen LogP contribution in [0.25, 0.3) is 0 Å². The first-order valence-corrected chi connectivity index (χ1v) is 5.26. The van der Waals surface area contributed by atoms with E-state index < -0.39 is 29.6 Å². The zero-order valence-corrected chi connectivity index (χ0v) is 9.16. The van der Waals surface area contributed by atoms with E-state index >= 15 is 0 Å². The third-order valence-electron chi connectivity index (χ3n) is 2.20. The Morgan fingerprint density at radius 2 is 1.81 bits per heavy atom. The van der Waals surface area contributed by atoms with Crippen LogP contribution in [0.1, 0.15) is 18.1 Å². The molecule has 0 saturated heterocycles. The number of aliphatic hydroxyl groups is 2. The highest BCUT2D eigenvalue weighted by Crippen LogP contribution is 2.27. The Morgan fingerprint density at radius 3 is 2.38 bits per heavy atom. The Morgan fingerprint density at radius 1 is 1.19 bits per heavy atom. The molecule has 0 aliphatic heterocycles. The lowest BCUT2D eigenvalue weighted by Gasteiger charge is -2.18. The van der Waals surface area contributed by atoms with E-state index in [1.165, 1.54) is 0 Å². The highest BCUT2D eigenvalue weighted by Gasteiger charge is 2.24. The molecule has 0 aliphatic rings. The smallest absolute Gasteiger partial charge is 0.200 e. The summed E-state index contributed by atoms with van der Waals surface area (Å²) in [7, 11) is 0. The summed E-state index contributed by atoms with van der Waals surface area (Å²) in [6.45, 7) is 0. The second-order valence-electron chi connectivity index (χ2n) is 3.33. The van der Waals surface area contributed by atoms with E-state index in [2.05, 4.69) is 12.6 Å². The summed E-state index contributed by atoms with van der Waals surface area (Å²) in [5.74, 6) is -3.32. The molecule has 2 atom stereocenters. The highest BCUT2D eigenvalue weighted by atomic mass is 32.1. The first-order valence-electron chi connectivity index (χ1n) is 4.63. The number of halogens is 2. The van der Waals surface area contributed by atoms with Crippen molar-refractivity contribution in [2.45, 2.75) is 18.6 Å². The largest absolute Gasteiger partial charge is 0.505 e. The second kappa shape index (κ2) is 5.47. The Balaban J connectivity index is 3.00. The first kappa shape index (κ1) is 13.2. The molecule has 0 aromatic heterocycles. The van der Waals surface area contributed by atoms with Crippen LogP contribution >= 0.6 is 12.6 Å². The van der Waals surface area contributed by atoms with Gasteiger partial charge in [-0.1, -0.05) is 0 Å². The van der Waals surface area contributed by atoms with E-state index in [-0.39, 0.29) is 12.0 Å². The van der Waals surface area contributed by atoms with Gasteiger partial charge in [0, 0.05) is 5.56 Å². The fraction of sp³-hybridized carbons (Fsp3) is 0.400. The SMILES string of the molecule is Oc1ccc(C(O)C(O)CCS)c(F)c1F. The number of aliphatic hydroxyl groups excluding tert-OH is 2. The summed E-state index contributed by atoms with van der Waals surface area (Å²) in [5, 5.41) is 27.8. The summed E-state index contributed by atoms with van der Waals surface area (Å²) in [5.41, 5.74) is -0.385. The molecule has 0 aliphatic carbocycles. The third-order valence-corrected chi connectivity index (χ3v) is 2.46. The maximum Gasteiger partial charge on any atom is 0.200 e. The summed E-state index contributed by atoms with van der Waals surface area (Å²) in [4.78, 5) is 0. The number of benzene rings is 1. The van der Waals surface area contributed by atoms with E-state index in [9.17, 15) is 19.0 Å². The summed E-state index contributed by atoms with van der Waals surface area (Å²) < 4.78 is 26.3. The van der Waals surface area contributed by atoms with Gasteiger partial charge in [0.2, 0.25) is 5.82 Å². The average Bonchev–Trinajstić information content (AvgIpc) is 2.26. The predicted octanol–water partition coefficient (Wildman–Crippen LogP) is 1.38. The molecule has 2 unspecified atom stereocenters. The zero-order chi connectivity index (χ0) is 12.3. The number of phenolic OH excluding ortho intramolecular Hbond substituents is 1. The van der Waals surface area contributed by atoms with Gasteiger partial charge in [0.05, 0.1) is 6.10 Å². The molecular weight excluding hydrogens is 238 g/mol. The third kappa shape index (κ3) is 2.63. The fourth-order valence-electron chi connectivity index (χ4n) is 1.28. The average molecular weight is 250 g/mol. The molecule has 3 N–H and O–H groups in total. The number of phenols is 1. The Labute approximate surface area is 96.8 Å². The van der Waals surface area contributed by atoms with Crippen LogP contribution in [0.3, 0.4) is 0 Å². The number of hydrogen-bond donors (Lipinski definition) is 4. The van der Waals surface area contributed by atoms with Gasteiger partial charge in [-0.15, -0.1) is 0 Å². The van der Waals surface area contributed by atoms with Gasteiger partial charge < -0.3 is 15.3 Å². The van der Waals surface area contributed by atoms with E-state index in [4.69, 9.17) is 5.11 Å². The van der Waals surface area contributed by atoms with E-state index in [0.717, 1.165) is 12.1 Å². The lowest BCUT2D eigenvalue weighted by atomic mass is 10.0. The molecule has 0 bridgehead atoms. The Kier molecular flexibility index (Phi) is 4.52. The Bertz CT molecular complexity index is 373. The normalized spacial score (nSPS) is 14.8. The molecule has 0 heterocycles. The van der Waals surface area contributed by atoms with Crippen LogP contribution < -0.4 is 0 Å². The minimum absolute atomic E-state index is 0.145. The van der Waals surface area contributed by atoms with Crippen molar-refractivity contribution < 1.29 is 24.1 Å². The lowest BCUT2D eigenvalue weighted by molar-refractivity contribution is 0.0147. The fourth-order valence-corrected chi connectivity index (χ4v) is 1.54. The summed E-state index contributed by atoms with van der Waals surface area (Å²) in [6, 6.07) is 1.95. The van der Waals surface area contributed by atoms with Crippen LogP contribution in [0.15, 0.2) is 12.1 Å². The van der Waals surface area contributed by atoms with Crippen LogP contribution in [0.4, 0.5) is 8.78 Å². The second-order valence-corrected chi connectivity index (χ2v) is 3.77. The first-order chi connectivity index (χ1) is 7.49. The molecule has 0 spiro atoms. The molecule has 1 aromatic carbocycles. The number of hydrogen-bond acceptors (Lipinski definition) is 4. The molecule has 1 rings (SSSR count). The number of rotatable bonds is 4. The molecule has 6 heteroatoms. The topological polar surface area (TPSA) is 60.7 Å². The lowest BCUT2D eigenvalue weighted by Crippen LogP contribution is -2.20. The van der Waals surface area contributed by atoms with E-state index in [1.807, 2.05) is 0 Å². The van der Waals surface area contributed by atoms with Crippen molar-refractivity contribution in [1.29, 1.82) is 0 Å². The van der Waals surface area contributed by atoms with Gasteiger partial charge in [0.15, 0.2) is 11.6 Å². The minimum Gasteiger partial charge on any atom is -0.505 e. The van der Waals surface area contributed by atoms with Gasteiger partial charge in [-0.3, -0.25) is 0 Å². The monoisotopic (exact) mass is 250 g/mol. The quantitative estimate of drug-likeness (QED) is 0.611. The van der Waals surface area contributed by atoms with Crippen LogP contribution in [0.2, 0.25) is 0 Å². The summed E-state index contributed by atoms with van der Waals surface area (Å²) in [6.07, 6.45) is -2.62.